The Balaban J connectivity index is 1.60. The van der Waals surface area contributed by atoms with Gasteiger partial charge in [0.2, 0.25) is 10.0 Å². The molecule has 1 fully saturated rings. The number of carbonyl (C=O) groups is 1. The number of rotatable bonds is 4. The van der Waals surface area contributed by atoms with Gasteiger partial charge in [-0.15, -0.1) is 0 Å². The minimum atomic E-state index is -3.78. The first-order valence-corrected chi connectivity index (χ1v) is 9.97. The van der Waals surface area contributed by atoms with Crippen molar-refractivity contribution >= 4 is 15.9 Å². The average molecular weight is 392 g/mol. The summed E-state index contributed by atoms with van der Waals surface area (Å²) in [6, 6.07) is 8.51. The summed E-state index contributed by atoms with van der Waals surface area (Å²) in [5.74, 6) is 0.769. The van der Waals surface area contributed by atoms with Gasteiger partial charge in [-0.05, 0) is 31.2 Å². The molecule has 1 aromatic heterocycles. The molecule has 27 heavy (non-hydrogen) atoms. The minimum Gasteiger partial charge on any atom is -0.490 e. The van der Waals surface area contributed by atoms with E-state index < -0.39 is 15.6 Å². The minimum absolute atomic E-state index is 0.0335. The predicted molar refractivity (Wildman–Crippen MR) is 97.1 cm³/mol. The van der Waals surface area contributed by atoms with Gasteiger partial charge in [0, 0.05) is 37.6 Å². The van der Waals surface area contributed by atoms with Crippen molar-refractivity contribution in [3.63, 3.8) is 0 Å². The maximum atomic E-state index is 12.6. The Kier molecular flexibility index (Phi) is 5.33. The number of carbonyl (C=O) groups excluding carboxylic acids is 1. The zero-order chi connectivity index (χ0) is 19.6. The molecule has 0 atom stereocenters. The summed E-state index contributed by atoms with van der Waals surface area (Å²) in [5.41, 5.74) is -0.0568. The Labute approximate surface area is 156 Å². The van der Waals surface area contributed by atoms with E-state index in [2.05, 4.69) is 0 Å². The lowest BCUT2D eigenvalue weighted by Gasteiger charge is -2.32. The van der Waals surface area contributed by atoms with Crippen LogP contribution in [-0.2, 0) is 10.0 Å². The highest BCUT2D eigenvalue weighted by Gasteiger charge is 2.25. The molecule has 0 bridgehead atoms. The normalized spacial score (nSPS) is 15.6. The Morgan fingerprint density at radius 1 is 1.19 bits per heavy atom. The van der Waals surface area contributed by atoms with Crippen molar-refractivity contribution in [3.05, 3.63) is 58.1 Å². The Bertz CT molecular complexity index is 989. The molecule has 144 valence electrons. The van der Waals surface area contributed by atoms with Crippen LogP contribution in [0.4, 0.5) is 0 Å². The lowest BCUT2D eigenvalue weighted by atomic mass is 10.1. The van der Waals surface area contributed by atoms with Crippen molar-refractivity contribution in [2.75, 3.05) is 13.1 Å². The molecule has 0 saturated carbocycles. The number of hydrogen-bond acceptors (Lipinski definition) is 6. The third-order valence-electron chi connectivity index (χ3n) is 4.33. The molecule has 1 saturated heterocycles. The number of primary sulfonamides is 1. The van der Waals surface area contributed by atoms with E-state index in [0.29, 0.717) is 43.0 Å². The fraction of sp³-hybridized carbons (Fsp3) is 0.333. The van der Waals surface area contributed by atoms with Crippen LogP contribution in [0.2, 0.25) is 0 Å². The van der Waals surface area contributed by atoms with Crippen LogP contribution in [0.25, 0.3) is 0 Å². The molecule has 2 aromatic rings. The van der Waals surface area contributed by atoms with Crippen LogP contribution in [-0.4, -0.2) is 38.4 Å². The number of ether oxygens (including phenoxy) is 1. The Morgan fingerprint density at radius 2 is 1.81 bits per heavy atom. The summed E-state index contributed by atoms with van der Waals surface area (Å²) in [7, 11) is -3.78. The van der Waals surface area contributed by atoms with Crippen LogP contribution in [0.5, 0.6) is 5.75 Å². The SMILES string of the molecule is Cc1cc(OC2CCN(C(=O)c3ccc(S(N)(=O)=O)cc3)CC2)cc(=O)o1. The predicted octanol–water partition coefficient (Wildman–Crippen LogP) is 1.28. The van der Waals surface area contributed by atoms with Crippen molar-refractivity contribution in [1.29, 1.82) is 0 Å². The number of hydrogen-bond donors (Lipinski definition) is 1. The van der Waals surface area contributed by atoms with Crippen LogP contribution < -0.4 is 15.5 Å². The van der Waals surface area contributed by atoms with E-state index >= 15 is 0 Å². The maximum Gasteiger partial charge on any atom is 0.339 e. The third kappa shape index (κ3) is 4.75. The smallest absolute Gasteiger partial charge is 0.339 e. The molecule has 0 unspecified atom stereocenters. The van der Waals surface area contributed by atoms with Crippen molar-refractivity contribution in [2.24, 2.45) is 5.14 Å². The molecule has 1 amide bonds. The van der Waals surface area contributed by atoms with Gasteiger partial charge in [0.05, 0.1) is 11.0 Å². The lowest BCUT2D eigenvalue weighted by Crippen LogP contribution is -2.41. The van der Waals surface area contributed by atoms with Crippen LogP contribution in [0.15, 0.2) is 50.5 Å². The van der Waals surface area contributed by atoms with Gasteiger partial charge < -0.3 is 14.1 Å². The van der Waals surface area contributed by atoms with E-state index in [1.54, 1.807) is 17.9 Å². The number of likely N-dealkylation sites (tertiary alicyclic amines) is 1. The largest absolute Gasteiger partial charge is 0.490 e. The fourth-order valence-electron chi connectivity index (χ4n) is 2.98. The van der Waals surface area contributed by atoms with E-state index in [9.17, 15) is 18.0 Å². The first-order chi connectivity index (χ1) is 12.7. The Morgan fingerprint density at radius 3 is 2.37 bits per heavy atom. The molecular formula is C18H20N2O6S. The maximum absolute atomic E-state index is 12.6. The Hall–Kier alpha value is -2.65. The number of nitrogens with two attached hydrogens (primary N) is 1. The van der Waals surface area contributed by atoms with Gasteiger partial charge >= 0.3 is 5.63 Å². The molecule has 1 aromatic carbocycles. The van der Waals surface area contributed by atoms with Crippen molar-refractivity contribution in [2.45, 2.75) is 30.8 Å². The monoisotopic (exact) mass is 392 g/mol. The van der Waals surface area contributed by atoms with Crippen molar-refractivity contribution in [1.82, 2.24) is 4.90 Å². The van der Waals surface area contributed by atoms with Gasteiger partial charge in [-0.3, -0.25) is 4.79 Å². The summed E-state index contributed by atoms with van der Waals surface area (Å²) in [6.07, 6.45) is 1.15. The van der Waals surface area contributed by atoms with Crippen LogP contribution in [0.1, 0.15) is 29.0 Å². The fourth-order valence-corrected chi connectivity index (χ4v) is 3.50. The molecule has 8 nitrogen and oxygen atoms in total. The zero-order valence-corrected chi connectivity index (χ0v) is 15.6. The van der Waals surface area contributed by atoms with Gasteiger partial charge in [0.15, 0.2) is 0 Å². The molecule has 1 aliphatic heterocycles. The highest BCUT2D eigenvalue weighted by atomic mass is 32.2. The molecule has 3 rings (SSSR count). The van der Waals surface area contributed by atoms with Crippen LogP contribution >= 0.6 is 0 Å². The van der Waals surface area contributed by atoms with Gasteiger partial charge in [0.25, 0.3) is 5.91 Å². The number of aryl methyl sites for hydroxylation is 1. The summed E-state index contributed by atoms with van der Waals surface area (Å²) in [5, 5.41) is 5.06. The number of sulfonamides is 1. The number of piperidine rings is 1. The van der Waals surface area contributed by atoms with Crippen molar-refractivity contribution in [3.8, 4) is 5.75 Å². The average Bonchev–Trinajstić information content (AvgIpc) is 2.60. The van der Waals surface area contributed by atoms with Gasteiger partial charge in [-0.2, -0.15) is 0 Å². The van der Waals surface area contributed by atoms with E-state index in [4.69, 9.17) is 14.3 Å². The van der Waals surface area contributed by atoms with E-state index in [1.807, 2.05) is 0 Å². The summed E-state index contributed by atoms with van der Waals surface area (Å²) >= 11 is 0. The van der Waals surface area contributed by atoms with Crippen molar-refractivity contribution < 1.29 is 22.4 Å². The van der Waals surface area contributed by atoms with Gasteiger partial charge in [-0.1, -0.05) is 0 Å². The molecule has 9 heteroatoms. The number of amides is 1. The number of benzene rings is 1. The molecule has 0 spiro atoms. The second-order valence-electron chi connectivity index (χ2n) is 6.40. The molecule has 2 heterocycles. The van der Waals surface area contributed by atoms with Gasteiger partial charge in [0.1, 0.15) is 17.6 Å². The van der Waals surface area contributed by atoms with Crippen LogP contribution in [0, 0.1) is 6.92 Å². The highest BCUT2D eigenvalue weighted by molar-refractivity contribution is 7.89. The standard InChI is InChI=1S/C18H20N2O6S/c1-12-10-15(11-17(21)25-12)26-14-6-8-20(9-7-14)18(22)13-2-4-16(5-3-13)27(19,23)24/h2-5,10-11,14H,6-9H2,1H3,(H2,19,23,24). The highest BCUT2D eigenvalue weighted by Crippen LogP contribution is 2.20. The van der Waals surface area contributed by atoms with Crippen LogP contribution in [0.3, 0.4) is 0 Å². The topological polar surface area (TPSA) is 120 Å². The van der Waals surface area contributed by atoms with Gasteiger partial charge in [-0.25, -0.2) is 18.4 Å². The second-order valence-corrected chi connectivity index (χ2v) is 7.96. The molecular weight excluding hydrogens is 372 g/mol. The zero-order valence-electron chi connectivity index (χ0n) is 14.8. The molecule has 2 N–H and O–H groups in total. The van der Waals surface area contributed by atoms with E-state index in [0.717, 1.165) is 0 Å². The lowest BCUT2D eigenvalue weighted by molar-refractivity contribution is 0.0594. The molecule has 0 aliphatic carbocycles. The molecule has 0 radical (unpaired) electrons. The molecule has 1 aliphatic rings. The summed E-state index contributed by atoms with van der Waals surface area (Å²) < 4.78 is 33.3. The quantitative estimate of drug-likeness (QED) is 0.837. The van der Waals surface area contributed by atoms with E-state index in [1.165, 1.54) is 30.3 Å². The second kappa shape index (κ2) is 7.53. The first kappa shape index (κ1) is 19.1. The first-order valence-electron chi connectivity index (χ1n) is 8.43. The number of nitrogens with zero attached hydrogens (tertiary/aromatic N) is 1. The summed E-state index contributed by atoms with van der Waals surface area (Å²) in [6.45, 7) is 2.68. The summed E-state index contributed by atoms with van der Waals surface area (Å²) in [4.78, 5) is 25.6. The third-order valence-corrected chi connectivity index (χ3v) is 5.26. The van der Waals surface area contributed by atoms with E-state index in [-0.39, 0.29) is 16.9 Å².